The Balaban J connectivity index is 1.94. The molecule has 0 atom stereocenters. The average molecular weight is 320 g/mol. The molecule has 1 amide bonds. The number of nitrogens with one attached hydrogen (secondary N) is 1. The molecule has 0 saturated carbocycles. The van der Waals surface area contributed by atoms with Gasteiger partial charge in [0.25, 0.3) is 5.91 Å². The smallest absolute Gasteiger partial charge is 0.291 e. The first kappa shape index (κ1) is 14.0. The molecule has 0 fully saturated rings. The highest BCUT2D eigenvalue weighted by Crippen LogP contribution is 2.30. The number of fused-ring (bicyclic) bond motifs is 1. The van der Waals surface area contributed by atoms with E-state index < -0.39 is 0 Å². The zero-order valence-electron chi connectivity index (χ0n) is 11.1. The Bertz CT molecular complexity index is 819. The molecule has 21 heavy (non-hydrogen) atoms. The molecule has 5 heteroatoms. The Morgan fingerprint density at radius 3 is 2.52 bits per heavy atom. The molecule has 3 rings (SSSR count). The summed E-state index contributed by atoms with van der Waals surface area (Å²) in [4.78, 5) is 12.3. The molecule has 0 saturated heterocycles. The van der Waals surface area contributed by atoms with Crippen molar-refractivity contribution in [2.24, 2.45) is 0 Å². The van der Waals surface area contributed by atoms with Crippen LogP contribution in [-0.4, -0.2) is 5.91 Å². The van der Waals surface area contributed by atoms with Crippen LogP contribution >= 0.6 is 23.2 Å². The Kier molecular flexibility index (Phi) is 3.62. The van der Waals surface area contributed by atoms with Crippen LogP contribution in [0.15, 0.2) is 46.9 Å². The van der Waals surface area contributed by atoms with Crippen LogP contribution in [0.4, 0.5) is 5.69 Å². The van der Waals surface area contributed by atoms with E-state index in [0.717, 1.165) is 10.9 Å². The van der Waals surface area contributed by atoms with Crippen LogP contribution in [0, 0.1) is 6.92 Å². The van der Waals surface area contributed by atoms with E-state index in [1.54, 1.807) is 24.3 Å². The number of carbonyl (C=O) groups is 1. The number of rotatable bonds is 2. The van der Waals surface area contributed by atoms with Gasteiger partial charge in [0.05, 0.1) is 15.7 Å². The lowest BCUT2D eigenvalue weighted by Crippen LogP contribution is -2.11. The van der Waals surface area contributed by atoms with E-state index in [4.69, 9.17) is 27.6 Å². The largest absolute Gasteiger partial charge is 0.451 e. The predicted molar refractivity (Wildman–Crippen MR) is 85.4 cm³/mol. The third-order valence-electron chi connectivity index (χ3n) is 3.10. The first-order valence-electron chi connectivity index (χ1n) is 6.30. The van der Waals surface area contributed by atoms with Crippen molar-refractivity contribution < 1.29 is 9.21 Å². The topological polar surface area (TPSA) is 42.2 Å². The van der Waals surface area contributed by atoms with Gasteiger partial charge in [0.2, 0.25) is 0 Å². The highest BCUT2D eigenvalue weighted by Gasteiger charge is 2.15. The first-order valence-corrected chi connectivity index (χ1v) is 7.06. The van der Waals surface area contributed by atoms with Gasteiger partial charge in [-0.05, 0) is 36.8 Å². The van der Waals surface area contributed by atoms with Gasteiger partial charge < -0.3 is 9.73 Å². The number of aryl methyl sites for hydroxylation is 1. The van der Waals surface area contributed by atoms with Gasteiger partial charge in [-0.15, -0.1) is 0 Å². The molecule has 0 aliphatic rings. The van der Waals surface area contributed by atoms with Gasteiger partial charge in [0.15, 0.2) is 5.76 Å². The maximum Gasteiger partial charge on any atom is 0.291 e. The number of amides is 1. The maximum absolute atomic E-state index is 12.3. The summed E-state index contributed by atoms with van der Waals surface area (Å²) in [6.45, 7) is 1.96. The third-order valence-corrected chi connectivity index (χ3v) is 3.73. The van der Waals surface area contributed by atoms with Crippen LogP contribution in [0.2, 0.25) is 10.0 Å². The molecule has 0 bridgehead atoms. The number of hydrogen-bond donors (Lipinski definition) is 1. The molecule has 2 aromatic carbocycles. The standard InChI is InChI=1S/C16H11Cl2NO2/c1-9-5-6-10-8-14(21-13(10)7-9)16(20)19-15-11(17)3-2-4-12(15)18/h2-8H,1H3,(H,19,20). The van der Waals surface area contributed by atoms with Crippen molar-refractivity contribution in [1.29, 1.82) is 0 Å². The van der Waals surface area contributed by atoms with Gasteiger partial charge in [-0.3, -0.25) is 4.79 Å². The van der Waals surface area contributed by atoms with Crippen LogP contribution in [0.1, 0.15) is 16.1 Å². The SMILES string of the molecule is Cc1ccc2cc(C(=O)Nc3c(Cl)cccc3Cl)oc2c1. The highest BCUT2D eigenvalue weighted by atomic mass is 35.5. The average Bonchev–Trinajstić information content (AvgIpc) is 2.86. The van der Waals surface area contributed by atoms with Gasteiger partial charge >= 0.3 is 0 Å². The summed E-state index contributed by atoms with van der Waals surface area (Å²) in [6.07, 6.45) is 0. The van der Waals surface area contributed by atoms with E-state index in [2.05, 4.69) is 5.32 Å². The molecule has 0 unspecified atom stereocenters. The van der Waals surface area contributed by atoms with Crippen molar-refractivity contribution in [2.75, 3.05) is 5.32 Å². The summed E-state index contributed by atoms with van der Waals surface area (Å²) in [5, 5.41) is 4.30. The summed E-state index contributed by atoms with van der Waals surface area (Å²) in [5.74, 6) is -0.176. The van der Waals surface area contributed by atoms with Gasteiger partial charge in [-0.1, -0.05) is 41.4 Å². The number of benzene rings is 2. The molecule has 106 valence electrons. The van der Waals surface area contributed by atoms with Crippen molar-refractivity contribution in [1.82, 2.24) is 0 Å². The Labute approximate surface area is 131 Å². The Morgan fingerprint density at radius 1 is 1.10 bits per heavy atom. The van der Waals surface area contributed by atoms with E-state index in [-0.39, 0.29) is 11.7 Å². The van der Waals surface area contributed by atoms with Crippen molar-refractivity contribution in [3.05, 3.63) is 63.8 Å². The van der Waals surface area contributed by atoms with E-state index in [1.165, 1.54) is 0 Å². The summed E-state index contributed by atoms with van der Waals surface area (Å²) in [5.41, 5.74) is 2.12. The van der Waals surface area contributed by atoms with E-state index in [1.807, 2.05) is 25.1 Å². The van der Waals surface area contributed by atoms with Gasteiger partial charge in [0.1, 0.15) is 5.58 Å². The molecular weight excluding hydrogens is 309 g/mol. The quantitative estimate of drug-likeness (QED) is 0.696. The molecule has 3 nitrogen and oxygen atoms in total. The summed E-state index contributed by atoms with van der Waals surface area (Å²) >= 11 is 12.1. The number of carbonyl (C=O) groups excluding carboxylic acids is 1. The van der Waals surface area contributed by atoms with Crippen molar-refractivity contribution >= 4 is 45.8 Å². The molecule has 1 N–H and O–H groups in total. The number of halogens is 2. The normalized spacial score (nSPS) is 10.8. The Morgan fingerprint density at radius 2 is 1.81 bits per heavy atom. The van der Waals surface area contributed by atoms with Gasteiger partial charge in [-0.25, -0.2) is 0 Å². The fraction of sp³-hybridized carbons (Fsp3) is 0.0625. The van der Waals surface area contributed by atoms with E-state index in [9.17, 15) is 4.79 Å². The minimum Gasteiger partial charge on any atom is -0.451 e. The predicted octanol–water partition coefficient (Wildman–Crippen LogP) is 5.30. The highest BCUT2D eigenvalue weighted by molar-refractivity contribution is 6.40. The monoisotopic (exact) mass is 319 g/mol. The second-order valence-electron chi connectivity index (χ2n) is 4.70. The zero-order chi connectivity index (χ0) is 15.0. The van der Waals surface area contributed by atoms with Gasteiger partial charge in [-0.2, -0.15) is 0 Å². The number of anilines is 1. The molecular formula is C16H11Cl2NO2. The molecule has 0 aliphatic heterocycles. The fourth-order valence-corrected chi connectivity index (χ4v) is 2.53. The summed E-state index contributed by atoms with van der Waals surface area (Å²) in [6, 6.07) is 12.5. The molecule has 0 radical (unpaired) electrons. The van der Waals surface area contributed by atoms with Crippen molar-refractivity contribution in [2.45, 2.75) is 6.92 Å². The number of furan rings is 1. The lowest BCUT2D eigenvalue weighted by atomic mass is 10.2. The van der Waals surface area contributed by atoms with E-state index >= 15 is 0 Å². The number of para-hydroxylation sites is 1. The molecule has 0 spiro atoms. The molecule has 0 aliphatic carbocycles. The minimum absolute atomic E-state index is 0.214. The number of hydrogen-bond acceptors (Lipinski definition) is 2. The van der Waals surface area contributed by atoms with Crippen LogP contribution < -0.4 is 5.32 Å². The van der Waals surface area contributed by atoms with Crippen LogP contribution in [-0.2, 0) is 0 Å². The van der Waals surface area contributed by atoms with Crippen molar-refractivity contribution in [3.8, 4) is 0 Å². The third kappa shape index (κ3) is 2.75. The fourth-order valence-electron chi connectivity index (χ4n) is 2.04. The minimum atomic E-state index is -0.390. The second kappa shape index (κ2) is 5.43. The Hall–Kier alpha value is -1.97. The second-order valence-corrected chi connectivity index (χ2v) is 5.52. The molecule has 3 aromatic rings. The lowest BCUT2D eigenvalue weighted by Gasteiger charge is -2.07. The van der Waals surface area contributed by atoms with Crippen LogP contribution in [0.3, 0.4) is 0 Å². The summed E-state index contributed by atoms with van der Waals surface area (Å²) in [7, 11) is 0. The van der Waals surface area contributed by atoms with E-state index in [0.29, 0.717) is 21.3 Å². The summed E-state index contributed by atoms with van der Waals surface area (Å²) < 4.78 is 5.56. The van der Waals surface area contributed by atoms with Crippen molar-refractivity contribution in [3.63, 3.8) is 0 Å². The zero-order valence-corrected chi connectivity index (χ0v) is 12.6. The molecule has 1 aromatic heterocycles. The van der Waals surface area contributed by atoms with Crippen LogP contribution in [0.5, 0.6) is 0 Å². The maximum atomic E-state index is 12.3. The van der Waals surface area contributed by atoms with Crippen LogP contribution in [0.25, 0.3) is 11.0 Å². The first-order chi connectivity index (χ1) is 10.0. The molecule has 1 heterocycles. The lowest BCUT2D eigenvalue weighted by molar-refractivity contribution is 0.0998. The van der Waals surface area contributed by atoms with Gasteiger partial charge in [0, 0.05) is 5.39 Å².